The lowest BCUT2D eigenvalue weighted by Gasteiger charge is -2.31. The molecule has 2 aromatic rings. The summed E-state index contributed by atoms with van der Waals surface area (Å²) in [5, 5.41) is 2.59. The molecule has 0 bridgehead atoms. The van der Waals surface area contributed by atoms with E-state index in [1.807, 2.05) is 44.2 Å². The van der Waals surface area contributed by atoms with Gasteiger partial charge in [0.05, 0.1) is 12.7 Å². The number of amides is 1. The van der Waals surface area contributed by atoms with Crippen molar-refractivity contribution in [1.82, 2.24) is 5.32 Å². The van der Waals surface area contributed by atoms with Gasteiger partial charge in [-0.2, -0.15) is 0 Å². The van der Waals surface area contributed by atoms with E-state index < -0.39 is 17.2 Å². The van der Waals surface area contributed by atoms with E-state index in [1.165, 1.54) is 12.1 Å². The fourth-order valence-corrected chi connectivity index (χ4v) is 3.39. The molecule has 0 aliphatic heterocycles. The Balaban J connectivity index is 2.22. The Labute approximate surface area is 183 Å². The SMILES string of the molecule is Cc1cc(F)ccc1[C@H](c1ccccc1)[C@H](C)OC[C@@](C)(C=O)NC(=O)OC(C)(C)C. The summed E-state index contributed by atoms with van der Waals surface area (Å²) in [6.45, 7) is 10.5. The minimum Gasteiger partial charge on any atom is -0.444 e. The van der Waals surface area contributed by atoms with Crippen molar-refractivity contribution in [2.24, 2.45) is 0 Å². The summed E-state index contributed by atoms with van der Waals surface area (Å²) >= 11 is 0. The van der Waals surface area contributed by atoms with Gasteiger partial charge >= 0.3 is 6.09 Å². The number of alkyl carbamates (subject to hydrolysis) is 1. The molecule has 2 rings (SSSR count). The number of aryl methyl sites for hydroxylation is 1. The minimum atomic E-state index is -1.25. The zero-order valence-electron chi connectivity index (χ0n) is 19.1. The predicted molar refractivity (Wildman–Crippen MR) is 119 cm³/mol. The normalized spacial score (nSPS) is 15.5. The van der Waals surface area contributed by atoms with Crippen molar-refractivity contribution in [2.45, 2.75) is 64.7 Å². The van der Waals surface area contributed by atoms with E-state index in [4.69, 9.17) is 9.47 Å². The van der Waals surface area contributed by atoms with E-state index in [1.54, 1.807) is 33.8 Å². The van der Waals surface area contributed by atoms with Crippen LogP contribution < -0.4 is 5.32 Å². The molecule has 0 saturated heterocycles. The van der Waals surface area contributed by atoms with Crippen LogP contribution in [0.25, 0.3) is 0 Å². The Bertz CT molecular complexity index is 894. The summed E-state index contributed by atoms with van der Waals surface area (Å²) in [5.74, 6) is -0.476. The van der Waals surface area contributed by atoms with Crippen LogP contribution in [-0.4, -0.2) is 36.2 Å². The molecule has 0 aliphatic carbocycles. The molecule has 5 nitrogen and oxygen atoms in total. The Morgan fingerprint density at radius 1 is 1.13 bits per heavy atom. The molecule has 168 valence electrons. The van der Waals surface area contributed by atoms with Crippen LogP contribution in [0.5, 0.6) is 0 Å². The first-order chi connectivity index (χ1) is 14.4. The number of hydrogen-bond acceptors (Lipinski definition) is 4. The van der Waals surface area contributed by atoms with Gasteiger partial charge in [0.1, 0.15) is 23.2 Å². The molecule has 1 N–H and O–H groups in total. The first kappa shape index (κ1) is 24.5. The van der Waals surface area contributed by atoms with E-state index >= 15 is 0 Å². The number of carbonyl (C=O) groups excluding carboxylic acids is 2. The standard InChI is InChI=1S/C25H32FNO4/c1-17-14-20(26)12-13-21(17)22(19-10-8-7-9-11-19)18(2)30-16-25(6,15-28)27-23(29)31-24(3,4)5/h7-15,18,22H,16H2,1-6H3,(H,27,29)/t18-,22-,25+/m0/s1. The second-order valence-corrected chi connectivity index (χ2v) is 9.07. The van der Waals surface area contributed by atoms with Gasteiger partial charge in [-0.1, -0.05) is 36.4 Å². The third-order valence-electron chi connectivity index (χ3n) is 4.89. The molecule has 31 heavy (non-hydrogen) atoms. The first-order valence-corrected chi connectivity index (χ1v) is 10.3. The van der Waals surface area contributed by atoms with Gasteiger partial charge in [-0.25, -0.2) is 9.18 Å². The molecular formula is C25H32FNO4. The van der Waals surface area contributed by atoms with Gasteiger partial charge in [0.2, 0.25) is 0 Å². The topological polar surface area (TPSA) is 64.6 Å². The number of hydrogen-bond donors (Lipinski definition) is 1. The third-order valence-corrected chi connectivity index (χ3v) is 4.89. The van der Waals surface area contributed by atoms with Crippen LogP contribution >= 0.6 is 0 Å². The molecular weight excluding hydrogens is 397 g/mol. The highest BCUT2D eigenvalue weighted by Crippen LogP contribution is 2.32. The lowest BCUT2D eigenvalue weighted by Crippen LogP contribution is -2.52. The maximum absolute atomic E-state index is 13.7. The monoisotopic (exact) mass is 429 g/mol. The lowest BCUT2D eigenvalue weighted by molar-refractivity contribution is -0.116. The predicted octanol–water partition coefficient (Wildman–Crippen LogP) is 5.15. The smallest absolute Gasteiger partial charge is 0.408 e. The van der Waals surface area contributed by atoms with Crippen molar-refractivity contribution in [3.05, 3.63) is 71.0 Å². The molecule has 0 aromatic heterocycles. The largest absolute Gasteiger partial charge is 0.444 e. The Morgan fingerprint density at radius 2 is 1.77 bits per heavy atom. The van der Waals surface area contributed by atoms with Crippen molar-refractivity contribution in [1.29, 1.82) is 0 Å². The molecule has 0 saturated carbocycles. The Kier molecular flexibility index (Phi) is 7.96. The number of nitrogens with one attached hydrogen (secondary N) is 1. The summed E-state index contributed by atoms with van der Waals surface area (Å²) in [7, 11) is 0. The maximum Gasteiger partial charge on any atom is 0.408 e. The molecule has 0 heterocycles. The lowest BCUT2D eigenvalue weighted by atomic mass is 9.84. The average Bonchev–Trinajstić information content (AvgIpc) is 2.67. The summed E-state index contributed by atoms with van der Waals surface area (Å²) in [6, 6.07) is 14.5. The van der Waals surface area contributed by atoms with Crippen LogP contribution in [0.4, 0.5) is 9.18 Å². The van der Waals surface area contributed by atoms with E-state index in [0.717, 1.165) is 16.7 Å². The number of halogens is 1. The highest BCUT2D eigenvalue weighted by Gasteiger charge is 2.32. The summed E-state index contributed by atoms with van der Waals surface area (Å²) in [6.07, 6.45) is -0.400. The average molecular weight is 430 g/mol. The summed E-state index contributed by atoms with van der Waals surface area (Å²) < 4.78 is 25.0. The number of rotatable bonds is 8. The van der Waals surface area contributed by atoms with Crippen LogP contribution in [0.2, 0.25) is 0 Å². The molecule has 0 unspecified atom stereocenters. The fraction of sp³-hybridized carbons (Fsp3) is 0.440. The van der Waals surface area contributed by atoms with E-state index in [2.05, 4.69) is 5.32 Å². The molecule has 0 spiro atoms. The quantitative estimate of drug-likeness (QED) is 0.589. The molecule has 0 aliphatic rings. The van der Waals surface area contributed by atoms with Crippen LogP contribution in [-0.2, 0) is 14.3 Å². The van der Waals surface area contributed by atoms with Crippen molar-refractivity contribution in [3.63, 3.8) is 0 Å². The molecule has 6 heteroatoms. The van der Waals surface area contributed by atoms with Gasteiger partial charge in [-0.05, 0) is 70.4 Å². The van der Waals surface area contributed by atoms with Crippen LogP contribution in [0.15, 0.2) is 48.5 Å². The molecule has 3 atom stereocenters. The fourth-order valence-electron chi connectivity index (χ4n) is 3.39. The molecule has 0 radical (unpaired) electrons. The minimum absolute atomic E-state index is 0.0412. The van der Waals surface area contributed by atoms with Crippen LogP contribution in [0, 0.1) is 12.7 Å². The van der Waals surface area contributed by atoms with Gasteiger partial charge in [-0.15, -0.1) is 0 Å². The van der Waals surface area contributed by atoms with E-state index in [-0.39, 0.29) is 24.4 Å². The van der Waals surface area contributed by atoms with Gasteiger partial charge < -0.3 is 19.6 Å². The van der Waals surface area contributed by atoms with Gasteiger partial charge in [0, 0.05) is 5.92 Å². The maximum atomic E-state index is 13.7. The number of ether oxygens (including phenoxy) is 2. The zero-order valence-corrected chi connectivity index (χ0v) is 19.1. The Hall–Kier alpha value is -2.73. The number of benzene rings is 2. The number of aldehydes is 1. The van der Waals surface area contributed by atoms with Gasteiger partial charge in [0.15, 0.2) is 0 Å². The highest BCUT2D eigenvalue weighted by molar-refractivity contribution is 5.76. The van der Waals surface area contributed by atoms with E-state index in [0.29, 0.717) is 6.29 Å². The van der Waals surface area contributed by atoms with Gasteiger partial charge in [0.25, 0.3) is 0 Å². The Morgan fingerprint density at radius 3 is 2.32 bits per heavy atom. The van der Waals surface area contributed by atoms with E-state index in [9.17, 15) is 14.0 Å². The van der Waals surface area contributed by atoms with Gasteiger partial charge in [-0.3, -0.25) is 0 Å². The van der Waals surface area contributed by atoms with Crippen molar-refractivity contribution in [2.75, 3.05) is 6.61 Å². The zero-order chi connectivity index (χ0) is 23.2. The highest BCUT2D eigenvalue weighted by atomic mass is 19.1. The molecule has 2 aromatic carbocycles. The summed E-state index contributed by atoms with van der Waals surface area (Å²) in [5.41, 5.74) is 0.830. The second kappa shape index (κ2) is 10.1. The third kappa shape index (κ3) is 7.17. The summed E-state index contributed by atoms with van der Waals surface area (Å²) in [4.78, 5) is 23.9. The molecule has 1 amide bonds. The number of carbonyl (C=O) groups is 2. The van der Waals surface area contributed by atoms with Crippen LogP contribution in [0.1, 0.15) is 57.2 Å². The van der Waals surface area contributed by atoms with Crippen molar-refractivity contribution < 1.29 is 23.5 Å². The second-order valence-electron chi connectivity index (χ2n) is 9.07. The van der Waals surface area contributed by atoms with Crippen molar-refractivity contribution >= 4 is 12.4 Å². The first-order valence-electron chi connectivity index (χ1n) is 10.3. The van der Waals surface area contributed by atoms with Crippen molar-refractivity contribution in [3.8, 4) is 0 Å². The molecule has 0 fully saturated rings. The van der Waals surface area contributed by atoms with Crippen LogP contribution in [0.3, 0.4) is 0 Å².